The van der Waals surface area contributed by atoms with E-state index in [4.69, 9.17) is 9.84 Å². The van der Waals surface area contributed by atoms with Gasteiger partial charge in [0.25, 0.3) is 5.91 Å². The van der Waals surface area contributed by atoms with Crippen molar-refractivity contribution in [3.63, 3.8) is 0 Å². The quantitative estimate of drug-likeness (QED) is 0.865. The first-order chi connectivity index (χ1) is 9.52. The number of nitrogens with zero attached hydrogens (tertiary/aromatic N) is 1. The molecular formula is C14H16FNO4. The smallest absolute Gasteiger partial charge is 0.338 e. The average Bonchev–Trinajstić information content (AvgIpc) is 3.21. The number of carbonyl (C=O) groups is 2. The predicted octanol–water partition coefficient (Wildman–Crippen LogP) is 1.91. The second kappa shape index (κ2) is 5.90. The molecule has 1 N–H and O–H groups in total. The maximum Gasteiger partial charge on any atom is 0.338 e. The van der Waals surface area contributed by atoms with E-state index in [1.54, 1.807) is 4.90 Å². The number of hydrogen-bond acceptors (Lipinski definition) is 3. The largest absolute Gasteiger partial charge is 0.484 e. The number of amides is 1. The number of rotatable bonds is 6. The number of benzene rings is 1. The van der Waals surface area contributed by atoms with Crippen molar-refractivity contribution in [2.45, 2.75) is 25.8 Å². The number of carbonyl (C=O) groups excluding carboxylic acids is 1. The van der Waals surface area contributed by atoms with Crippen molar-refractivity contribution in [3.05, 3.63) is 29.6 Å². The summed E-state index contributed by atoms with van der Waals surface area (Å²) in [5.74, 6) is -2.21. The van der Waals surface area contributed by atoms with Gasteiger partial charge < -0.3 is 14.7 Å². The first-order valence-corrected chi connectivity index (χ1v) is 6.48. The Balaban J connectivity index is 1.95. The van der Waals surface area contributed by atoms with Crippen LogP contribution in [0, 0.1) is 5.82 Å². The van der Waals surface area contributed by atoms with Crippen LogP contribution in [0.1, 0.15) is 30.1 Å². The molecule has 108 valence electrons. The molecule has 1 saturated carbocycles. The molecule has 1 fully saturated rings. The van der Waals surface area contributed by atoms with E-state index in [0.29, 0.717) is 12.6 Å². The standard InChI is InChI=1S/C14H16FNO4/c1-2-16(9-3-4-9)13(17)8-20-10-5-6-11(14(18)19)12(15)7-10/h5-7,9H,2-4,8H2,1H3,(H,18,19). The number of carboxylic acid groups (broad SMARTS) is 1. The van der Waals surface area contributed by atoms with E-state index in [9.17, 15) is 14.0 Å². The molecule has 20 heavy (non-hydrogen) atoms. The Morgan fingerprint density at radius 3 is 2.65 bits per heavy atom. The highest BCUT2D eigenvalue weighted by Gasteiger charge is 2.31. The average molecular weight is 281 g/mol. The van der Waals surface area contributed by atoms with Crippen molar-refractivity contribution in [2.75, 3.05) is 13.2 Å². The van der Waals surface area contributed by atoms with Gasteiger partial charge in [-0.15, -0.1) is 0 Å². The Hall–Kier alpha value is -2.11. The number of aromatic carboxylic acids is 1. The van der Waals surface area contributed by atoms with Gasteiger partial charge in [0, 0.05) is 18.7 Å². The molecule has 6 heteroatoms. The van der Waals surface area contributed by atoms with Crippen LogP contribution in [0.15, 0.2) is 18.2 Å². The van der Waals surface area contributed by atoms with Gasteiger partial charge in [0.2, 0.25) is 0 Å². The number of likely N-dealkylation sites (N-methyl/N-ethyl adjacent to an activating group) is 1. The van der Waals surface area contributed by atoms with E-state index >= 15 is 0 Å². The molecule has 0 spiro atoms. The highest BCUT2D eigenvalue weighted by Crippen LogP contribution is 2.26. The van der Waals surface area contributed by atoms with Gasteiger partial charge in [-0.1, -0.05) is 0 Å². The van der Waals surface area contributed by atoms with E-state index < -0.39 is 17.3 Å². The van der Waals surface area contributed by atoms with E-state index in [1.807, 2.05) is 6.92 Å². The van der Waals surface area contributed by atoms with Gasteiger partial charge in [-0.05, 0) is 31.9 Å². The molecule has 5 nitrogen and oxygen atoms in total. The summed E-state index contributed by atoms with van der Waals surface area (Å²) >= 11 is 0. The Kier molecular flexibility index (Phi) is 4.22. The number of carboxylic acids is 1. The molecule has 2 rings (SSSR count). The number of ether oxygens (including phenoxy) is 1. The summed E-state index contributed by atoms with van der Waals surface area (Å²) in [6.45, 7) is 2.35. The SMILES string of the molecule is CCN(C(=O)COc1ccc(C(=O)O)c(F)c1)C1CC1. The lowest BCUT2D eigenvalue weighted by molar-refractivity contribution is -0.133. The molecule has 0 radical (unpaired) electrons. The van der Waals surface area contributed by atoms with Crippen molar-refractivity contribution in [3.8, 4) is 5.75 Å². The van der Waals surface area contributed by atoms with Gasteiger partial charge in [-0.2, -0.15) is 0 Å². The van der Waals surface area contributed by atoms with Gasteiger partial charge in [0.05, 0.1) is 5.56 Å². The lowest BCUT2D eigenvalue weighted by Crippen LogP contribution is -2.36. The molecule has 0 unspecified atom stereocenters. The number of halogens is 1. The number of hydrogen-bond donors (Lipinski definition) is 1. The molecule has 1 amide bonds. The minimum atomic E-state index is -1.34. The van der Waals surface area contributed by atoms with Crippen LogP contribution < -0.4 is 4.74 Å². The lowest BCUT2D eigenvalue weighted by atomic mass is 10.2. The molecule has 1 aliphatic rings. The first-order valence-electron chi connectivity index (χ1n) is 6.48. The summed E-state index contributed by atoms with van der Waals surface area (Å²) in [6, 6.07) is 3.75. The highest BCUT2D eigenvalue weighted by molar-refractivity contribution is 5.88. The molecule has 0 aliphatic heterocycles. The molecule has 0 heterocycles. The Morgan fingerprint density at radius 1 is 1.45 bits per heavy atom. The van der Waals surface area contributed by atoms with Gasteiger partial charge >= 0.3 is 5.97 Å². The second-order valence-corrected chi connectivity index (χ2v) is 4.65. The Bertz CT molecular complexity index is 528. The maximum atomic E-state index is 13.4. The zero-order chi connectivity index (χ0) is 14.7. The van der Waals surface area contributed by atoms with Crippen LogP contribution in [0.3, 0.4) is 0 Å². The fourth-order valence-corrected chi connectivity index (χ4v) is 2.01. The minimum Gasteiger partial charge on any atom is -0.484 e. The van der Waals surface area contributed by atoms with Gasteiger partial charge in [-0.25, -0.2) is 9.18 Å². The summed E-state index contributed by atoms with van der Waals surface area (Å²) in [5.41, 5.74) is -0.420. The predicted molar refractivity (Wildman–Crippen MR) is 69.3 cm³/mol. The molecule has 0 aromatic heterocycles. The van der Waals surface area contributed by atoms with Crippen LogP contribution in [-0.2, 0) is 4.79 Å². The van der Waals surface area contributed by atoms with Crippen molar-refractivity contribution < 1.29 is 23.8 Å². The fraction of sp³-hybridized carbons (Fsp3) is 0.429. The molecule has 1 aromatic rings. The third-order valence-electron chi connectivity index (χ3n) is 3.18. The van der Waals surface area contributed by atoms with Crippen LogP contribution in [-0.4, -0.2) is 41.1 Å². The molecule has 0 bridgehead atoms. The van der Waals surface area contributed by atoms with Crippen LogP contribution in [0.5, 0.6) is 5.75 Å². The van der Waals surface area contributed by atoms with Gasteiger partial charge in [0.15, 0.2) is 6.61 Å². The van der Waals surface area contributed by atoms with Crippen molar-refractivity contribution in [1.82, 2.24) is 4.90 Å². The van der Waals surface area contributed by atoms with Crippen molar-refractivity contribution >= 4 is 11.9 Å². The minimum absolute atomic E-state index is 0.141. The van der Waals surface area contributed by atoms with Crippen LogP contribution >= 0.6 is 0 Å². The molecule has 1 aromatic carbocycles. The zero-order valence-electron chi connectivity index (χ0n) is 11.1. The molecule has 0 saturated heterocycles. The zero-order valence-corrected chi connectivity index (χ0v) is 11.1. The summed E-state index contributed by atoms with van der Waals surface area (Å²) in [6.07, 6.45) is 2.03. The maximum absolute atomic E-state index is 13.4. The third-order valence-corrected chi connectivity index (χ3v) is 3.18. The van der Waals surface area contributed by atoms with Crippen LogP contribution in [0.2, 0.25) is 0 Å². The van der Waals surface area contributed by atoms with E-state index in [-0.39, 0.29) is 18.3 Å². The van der Waals surface area contributed by atoms with Gasteiger partial charge in [0.1, 0.15) is 11.6 Å². The summed E-state index contributed by atoms with van der Waals surface area (Å²) in [5, 5.41) is 8.71. The fourth-order valence-electron chi connectivity index (χ4n) is 2.01. The summed E-state index contributed by atoms with van der Waals surface area (Å²) in [4.78, 5) is 24.3. The molecular weight excluding hydrogens is 265 g/mol. The van der Waals surface area contributed by atoms with Crippen molar-refractivity contribution in [1.29, 1.82) is 0 Å². The monoisotopic (exact) mass is 281 g/mol. The van der Waals surface area contributed by atoms with Gasteiger partial charge in [-0.3, -0.25) is 4.79 Å². The second-order valence-electron chi connectivity index (χ2n) is 4.65. The van der Waals surface area contributed by atoms with E-state index in [1.165, 1.54) is 6.07 Å². The molecule has 0 atom stereocenters. The Labute approximate surface area is 116 Å². The molecule has 1 aliphatic carbocycles. The topological polar surface area (TPSA) is 66.8 Å². The normalized spacial score (nSPS) is 13.9. The van der Waals surface area contributed by atoms with Crippen LogP contribution in [0.4, 0.5) is 4.39 Å². The van der Waals surface area contributed by atoms with E-state index in [2.05, 4.69) is 0 Å². The van der Waals surface area contributed by atoms with Crippen LogP contribution in [0.25, 0.3) is 0 Å². The highest BCUT2D eigenvalue weighted by atomic mass is 19.1. The summed E-state index contributed by atoms with van der Waals surface area (Å²) in [7, 11) is 0. The Morgan fingerprint density at radius 2 is 2.15 bits per heavy atom. The lowest BCUT2D eigenvalue weighted by Gasteiger charge is -2.20. The van der Waals surface area contributed by atoms with E-state index in [0.717, 1.165) is 25.0 Å². The summed E-state index contributed by atoms with van der Waals surface area (Å²) < 4.78 is 18.7. The third kappa shape index (κ3) is 3.26. The first kappa shape index (κ1) is 14.3. The van der Waals surface area contributed by atoms with Crippen molar-refractivity contribution in [2.24, 2.45) is 0 Å².